The molecule has 1 aliphatic heterocycles. The number of hydrogen-bond acceptors (Lipinski definition) is 16. The van der Waals surface area contributed by atoms with Gasteiger partial charge in [0.2, 0.25) is 76.8 Å². The van der Waals surface area contributed by atoms with Crippen LogP contribution in [-0.2, 0) is 71.9 Å². The maximum absolute atomic E-state index is 14.8. The van der Waals surface area contributed by atoms with Crippen molar-refractivity contribution in [1.29, 1.82) is 0 Å². The molecule has 31 nitrogen and oxygen atoms in total. The second-order valence-electron chi connectivity index (χ2n) is 24.9. The molecule has 31 heteroatoms. The summed E-state index contributed by atoms with van der Waals surface area (Å²) in [7, 11) is 0. The largest absolute Gasteiger partial charge is 0.481 e. The Bertz CT molecular complexity index is 2510. The number of carbonyl (C=O) groups is 15. The van der Waals surface area contributed by atoms with Crippen LogP contribution in [0.2, 0.25) is 0 Å². The fourth-order valence-electron chi connectivity index (χ4n) is 9.85. The van der Waals surface area contributed by atoms with E-state index in [1.54, 1.807) is 41.5 Å². The van der Waals surface area contributed by atoms with E-state index < -0.39 is 174 Å². The second kappa shape index (κ2) is 39.9. The Labute approximate surface area is 525 Å². The summed E-state index contributed by atoms with van der Waals surface area (Å²) in [6, 6.07) is -12.2. The topological polar surface area (TPSA) is 501 Å². The molecule has 10 atom stereocenters. The van der Waals surface area contributed by atoms with Crippen molar-refractivity contribution in [3.05, 3.63) is 0 Å². The molecule has 90 heavy (non-hydrogen) atoms. The molecule has 0 aliphatic carbocycles. The highest BCUT2D eigenvalue weighted by molar-refractivity contribution is 6.01. The maximum Gasteiger partial charge on any atom is 0.305 e. The standard InChI is InChI=1S/C59H101N13O18/c1-32(2)25-38(51(84)63-35(7)49(82)68-43(31-73)48(61)81)65-54(87)41(28-46(77)78)66-52(85)39(26-33(3)4)70-57(90)59(10)24-20-18-16-14-12-11-13-15-17-19-23-58(9,71-45(76)30-62-50(83)37(64-36(8)74)21-22-44(60)75)56(89)69-40(27-34(5)6)53(86)67-42(29-47(79)80)55(88)72-59/h32-35,37-43,73H,11-31H2,1-10H3,(H2,60,75)(H2,61,81)(H,62,83)(H,63,84)(H,64,74)(H,65,87)(H,66,85)(H,67,86)(H,68,82)(H,69,89)(H,70,90)(H,71,76)(H,72,88)(H,77,78)(H,79,80)/t35-,37-,38-,39-,40-,41-,42-,43-,58-,59-/m0/s1. The number of carboxylic acid groups (broad SMARTS) is 2. The van der Waals surface area contributed by atoms with E-state index in [-0.39, 0.29) is 62.7 Å². The van der Waals surface area contributed by atoms with Gasteiger partial charge in [0, 0.05) is 13.3 Å². The molecular weight excluding hydrogens is 1180 g/mol. The zero-order valence-corrected chi connectivity index (χ0v) is 53.8. The lowest BCUT2D eigenvalue weighted by atomic mass is 9.90. The molecule has 18 N–H and O–H groups in total. The molecule has 0 unspecified atom stereocenters. The molecule has 0 aromatic carbocycles. The Kier molecular flexibility index (Phi) is 35.5. The summed E-state index contributed by atoms with van der Waals surface area (Å²) in [5.74, 6) is -16.0. The molecular formula is C59H101N13O18. The molecule has 0 saturated carbocycles. The molecule has 0 radical (unpaired) electrons. The van der Waals surface area contributed by atoms with Gasteiger partial charge in [0.15, 0.2) is 0 Å². The minimum absolute atomic E-state index is 0.0525. The zero-order chi connectivity index (χ0) is 68.6. The fourth-order valence-corrected chi connectivity index (χ4v) is 9.85. The number of rotatable bonds is 30. The van der Waals surface area contributed by atoms with Gasteiger partial charge in [-0.25, -0.2) is 0 Å². The summed E-state index contributed by atoms with van der Waals surface area (Å²) in [4.78, 5) is 199. The van der Waals surface area contributed by atoms with Crippen LogP contribution in [0, 0.1) is 17.8 Å². The molecule has 1 aliphatic rings. The molecule has 1 heterocycles. The van der Waals surface area contributed by atoms with Crippen molar-refractivity contribution in [3.63, 3.8) is 0 Å². The number of carboxylic acids is 2. The maximum atomic E-state index is 14.8. The zero-order valence-electron chi connectivity index (χ0n) is 53.8. The van der Waals surface area contributed by atoms with Crippen LogP contribution in [0.15, 0.2) is 0 Å². The number of carbonyl (C=O) groups excluding carboxylic acids is 13. The van der Waals surface area contributed by atoms with Crippen LogP contribution >= 0.6 is 0 Å². The van der Waals surface area contributed by atoms with Gasteiger partial charge in [-0.15, -0.1) is 0 Å². The number of nitrogens with two attached hydrogens (primary N) is 2. The third kappa shape index (κ3) is 31.0. The van der Waals surface area contributed by atoms with E-state index in [0.717, 1.165) is 39.0 Å². The van der Waals surface area contributed by atoms with Gasteiger partial charge >= 0.3 is 11.9 Å². The number of nitrogens with one attached hydrogen (secondary N) is 11. The van der Waals surface area contributed by atoms with Gasteiger partial charge in [-0.05, 0) is 77.0 Å². The van der Waals surface area contributed by atoms with E-state index in [0.29, 0.717) is 32.1 Å². The average Bonchev–Trinajstić information content (AvgIpc) is 1.08. The van der Waals surface area contributed by atoms with Crippen molar-refractivity contribution in [1.82, 2.24) is 58.5 Å². The van der Waals surface area contributed by atoms with E-state index in [1.165, 1.54) is 20.8 Å². The summed E-state index contributed by atoms with van der Waals surface area (Å²) in [6.07, 6.45) is 4.07. The summed E-state index contributed by atoms with van der Waals surface area (Å²) < 4.78 is 0. The van der Waals surface area contributed by atoms with Gasteiger partial charge < -0.3 is 85.3 Å². The summed E-state index contributed by atoms with van der Waals surface area (Å²) in [6.45, 7) is 13.9. The quantitative estimate of drug-likeness (QED) is 0.0381. The van der Waals surface area contributed by atoms with Crippen LogP contribution in [-0.4, -0.2) is 177 Å². The van der Waals surface area contributed by atoms with Crippen LogP contribution in [0.4, 0.5) is 0 Å². The highest BCUT2D eigenvalue weighted by Crippen LogP contribution is 2.22. The SMILES string of the molecule is CC(=O)N[C@@H](CCC(N)=O)C(=O)NCC(=O)N[C@@]1(C)CCCCCCCCCCCC[C@@](C)(C(=O)N[C@@H](CC(C)C)C(=O)N[C@@H](CC(=O)O)C(=O)N[C@@H](CC(C)C)C(=O)N[C@@H](C)C(=O)N[C@@H](CO)C(N)=O)NC(=O)[C@H](CC(=O)O)NC(=O)[C@H](CC(C)C)NC1=O. The van der Waals surface area contributed by atoms with E-state index in [4.69, 9.17) is 11.5 Å². The first-order chi connectivity index (χ1) is 41.9. The van der Waals surface area contributed by atoms with Crippen LogP contribution in [0.3, 0.4) is 0 Å². The van der Waals surface area contributed by atoms with Crippen molar-refractivity contribution in [3.8, 4) is 0 Å². The lowest BCUT2D eigenvalue weighted by Gasteiger charge is -2.34. The molecule has 0 spiro atoms. The first kappa shape index (κ1) is 80.0. The Hall–Kier alpha value is -7.99. The van der Waals surface area contributed by atoms with Crippen molar-refractivity contribution in [2.24, 2.45) is 29.2 Å². The molecule has 0 aromatic heterocycles. The van der Waals surface area contributed by atoms with Gasteiger partial charge in [0.25, 0.3) is 0 Å². The van der Waals surface area contributed by atoms with Crippen molar-refractivity contribution in [2.75, 3.05) is 13.2 Å². The highest BCUT2D eigenvalue weighted by atomic mass is 16.4. The molecule has 1 rings (SSSR count). The summed E-state index contributed by atoms with van der Waals surface area (Å²) in [5, 5.41) is 56.7. The molecule has 0 bridgehead atoms. The third-order valence-electron chi connectivity index (χ3n) is 14.8. The smallest absolute Gasteiger partial charge is 0.305 e. The number of hydrogen-bond donors (Lipinski definition) is 16. The average molecular weight is 1280 g/mol. The minimum atomic E-state index is -1.95. The Balaban J connectivity index is 3.72. The van der Waals surface area contributed by atoms with E-state index >= 15 is 0 Å². The predicted octanol–water partition coefficient (Wildman–Crippen LogP) is -1.70. The van der Waals surface area contributed by atoms with Crippen LogP contribution in [0.1, 0.15) is 191 Å². The summed E-state index contributed by atoms with van der Waals surface area (Å²) in [5.41, 5.74) is 6.75. The summed E-state index contributed by atoms with van der Waals surface area (Å²) >= 11 is 0. The Morgan fingerprint density at radius 3 is 1.56 bits per heavy atom. The number of aliphatic hydroxyl groups is 1. The van der Waals surface area contributed by atoms with Gasteiger partial charge in [0.1, 0.15) is 59.4 Å². The lowest BCUT2D eigenvalue weighted by Crippen LogP contribution is -2.65. The number of primary amides is 2. The van der Waals surface area contributed by atoms with Gasteiger partial charge in [0.05, 0.1) is 26.0 Å². The molecule has 1 saturated heterocycles. The first-order valence-corrected chi connectivity index (χ1v) is 30.9. The highest BCUT2D eigenvalue weighted by Gasteiger charge is 2.42. The van der Waals surface area contributed by atoms with Crippen molar-refractivity contribution in [2.45, 2.75) is 251 Å². The number of aliphatic hydroxyl groups excluding tert-OH is 1. The lowest BCUT2D eigenvalue weighted by molar-refractivity contribution is -0.143. The normalized spacial score (nSPS) is 21.2. The predicted molar refractivity (Wildman–Crippen MR) is 326 cm³/mol. The van der Waals surface area contributed by atoms with E-state index in [1.807, 2.05) is 0 Å². The van der Waals surface area contributed by atoms with Crippen LogP contribution < -0.4 is 70.0 Å². The van der Waals surface area contributed by atoms with Gasteiger partial charge in [-0.3, -0.25) is 71.9 Å². The van der Waals surface area contributed by atoms with Crippen molar-refractivity contribution >= 4 is 88.7 Å². The van der Waals surface area contributed by atoms with Crippen LogP contribution in [0.25, 0.3) is 0 Å². The van der Waals surface area contributed by atoms with Crippen LogP contribution in [0.5, 0.6) is 0 Å². The van der Waals surface area contributed by atoms with Gasteiger partial charge in [-0.2, -0.15) is 0 Å². The number of amides is 13. The number of aliphatic carboxylic acids is 2. The molecule has 510 valence electrons. The van der Waals surface area contributed by atoms with Gasteiger partial charge in [-0.1, -0.05) is 106 Å². The third-order valence-corrected chi connectivity index (χ3v) is 14.8. The molecule has 1 fully saturated rings. The first-order valence-electron chi connectivity index (χ1n) is 30.9. The van der Waals surface area contributed by atoms with E-state index in [9.17, 15) is 87.2 Å². The Morgan fingerprint density at radius 1 is 0.567 bits per heavy atom. The fraction of sp³-hybridized carbons (Fsp3) is 0.746. The van der Waals surface area contributed by atoms with Crippen molar-refractivity contribution < 1.29 is 87.2 Å². The second-order valence-corrected chi connectivity index (χ2v) is 24.9. The minimum Gasteiger partial charge on any atom is -0.481 e. The molecule has 13 amide bonds. The Morgan fingerprint density at radius 2 is 1.07 bits per heavy atom. The van der Waals surface area contributed by atoms with E-state index in [2.05, 4.69) is 58.5 Å². The molecule has 0 aromatic rings. The monoisotopic (exact) mass is 1280 g/mol.